The lowest BCUT2D eigenvalue weighted by Crippen LogP contribution is -2.42. The van der Waals surface area contributed by atoms with Crippen LogP contribution in [0.5, 0.6) is 5.75 Å². The zero-order chi connectivity index (χ0) is 13.2. The maximum atomic E-state index is 12.4. The van der Waals surface area contributed by atoms with Crippen molar-refractivity contribution in [1.82, 2.24) is 5.32 Å². The number of nitrogens with one attached hydrogen (secondary N) is 1. The van der Waals surface area contributed by atoms with Crippen LogP contribution in [-0.4, -0.2) is 18.7 Å². The summed E-state index contributed by atoms with van der Waals surface area (Å²) in [4.78, 5) is 0. The molecule has 0 spiro atoms. The number of rotatable bonds is 2. The Kier molecular flexibility index (Phi) is 3.80. The first-order valence-electron chi connectivity index (χ1n) is 6.02. The molecule has 0 aliphatic carbocycles. The third-order valence-electron chi connectivity index (χ3n) is 3.10. The standard InChI is InChI=1S/C13H16F3NO/c1-9-2-5-12(8-17-9)18-11-6-3-10(4-7-11)13(14,15)16/h3-4,6-7,9,12,17H,2,5,8H2,1H3. The number of ether oxygens (including phenoxy) is 1. The molecule has 1 heterocycles. The van der Waals surface area contributed by atoms with Gasteiger partial charge in [0.15, 0.2) is 0 Å². The Balaban J connectivity index is 1.94. The zero-order valence-electron chi connectivity index (χ0n) is 10.1. The number of alkyl halides is 3. The van der Waals surface area contributed by atoms with Gasteiger partial charge in [-0.25, -0.2) is 0 Å². The quantitative estimate of drug-likeness (QED) is 0.880. The molecule has 1 fully saturated rings. The van der Waals surface area contributed by atoms with E-state index in [2.05, 4.69) is 12.2 Å². The van der Waals surface area contributed by atoms with E-state index < -0.39 is 11.7 Å². The van der Waals surface area contributed by atoms with Crippen LogP contribution in [-0.2, 0) is 6.18 Å². The first-order valence-corrected chi connectivity index (χ1v) is 6.02. The van der Waals surface area contributed by atoms with Gasteiger partial charge >= 0.3 is 6.18 Å². The summed E-state index contributed by atoms with van der Waals surface area (Å²) in [7, 11) is 0. The fourth-order valence-electron chi connectivity index (χ4n) is 1.99. The Morgan fingerprint density at radius 3 is 2.33 bits per heavy atom. The monoisotopic (exact) mass is 259 g/mol. The van der Waals surface area contributed by atoms with E-state index in [9.17, 15) is 13.2 Å². The van der Waals surface area contributed by atoms with Crippen molar-refractivity contribution >= 4 is 0 Å². The summed E-state index contributed by atoms with van der Waals surface area (Å²) in [6.07, 6.45) is -2.31. The molecule has 1 saturated heterocycles. The van der Waals surface area contributed by atoms with Crippen molar-refractivity contribution in [3.05, 3.63) is 29.8 Å². The Labute approximate surface area is 104 Å². The minimum Gasteiger partial charge on any atom is -0.489 e. The molecule has 100 valence electrons. The molecule has 1 aliphatic heterocycles. The number of halogens is 3. The molecule has 2 nitrogen and oxygen atoms in total. The summed E-state index contributed by atoms with van der Waals surface area (Å²) in [6.45, 7) is 2.84. The zero-order valence-corrected chi connectivity index (χ0v) is 10.1. The summed E-state index contributed by atoms with van der Waals surface area (Å²) in [5, 5.41) is 3.28. The molecule has 1 aromatic carbocycles. The first kappa shape index (κ1) is 13.2. The Bertz CT molecular complexity index is 380. The lowest BCUT2D eigenvalue weighted by molar-refractivity contribution is -0.137. The van der Waals surface area contributed by atoms with Gasteiger partial charge in [0, 0.05) is 12.6 Å². The summed E-state index contributed by atoms with van der Waals surface area (Å²) in [5.41, 5.74) is -0.648. The van der Waals surface area contributed by atoms with E-state index in [0.29, 0.717) is 11.8 Å². The van der Waals surface area contributed by atoms with Crippen LogP contribution in [0.2, 0.25) is 0 Å². The SMILES string of the molecule is CC1CCC(Oc2ccc(C(F)(F)F)cc2)CN1. The third kappa shape index (κ3) is 3.38. The lowest BCUT2D eigenvalue weighted by Gasteiger charge is -2.28. The Morgan fingerprint density at radius 1 is 1.17 bits per heavy atom. The molecule has 0 amide bonds. The minimum absolute atomic E-state index is 0.0398. The van der Waals surface area contributed by atoms with Crippen molar-refractivity contribution in [2.45, 2.75) is 38.1 Å². The van der Waals surface area contributed by atoms with E-state index in [0.717, 1.165) is 31.5 Å². The Hall–Kier alpha value is -1.23. The molecule has 0 radical (unpaired) electrons. The third-order valence-corrected chi connectivity index (χ3v) is 3.10. The van der Waals surface area contributed by atoms with Gasteiger partial charge in [-0.05, 0) is 44.0 Å². The molecule has 0 saturated carbocycles. The molecule has 2 rings (SSSR count). The topological polar surface area (TPSA) is 21.3 Å². The van der Waals surface area contributed by atoms with Crippen LogP contribution in [0.3, 0.4) is 0 Å². The highest BCUT2D eigenvalue weighted by atomic mass is 19.4. The van der Waals surface area contributed by atoms with Crippen LogP contribution in [0.25, 0.3) is 0 Å². The molecule has 2 unspecified atom stereocenters. The van der Waals surface area contributed by atoms with Crippen LogP contribution in [0.4, 0.5) is 13.2 Å². The van der Waals surface area contributed by atoms with Crippen LogP contribution in [0.15, 0.2) is 24.3 Å². The minimum atomic E-state index is -4.29. The van der Waals surface area contributed by atoms with Gasteiger partial charge in [-0.1, -0.05) is 0 Å². The summed E-state index contributed by atoms with van der Waals surface area (Å²) < 4.78 is 42.8. The largest absolute Gasteiger partial charge is 0.489 e. The second-order valence-electron chi connectivity index (χ2n) is 4.65. The highest BCUT2D eigenvalue weighted by molar-refractivity contribution is 5.29. The maximum Gasteiger partial charge on any atom is 0.416 e. The molecular weight excluding hydrogens is 243 g/mol. The van der Waals surface area contributed by atoms with Crippen LogP contribution in [0.1, 0.15) is 25.3 Å². The van der Waals surface area contributed by atoms with Crippen molar-refractivity contribution in [2.75, 3.05) is 6.54 Å². The Morgan fingerprint density at radius 2 is 1.83 bits per heavy atom. The fourth-order valence-corrected chi connectivity index (χ4v) is 1.99. The first-order chi connectivity index (χ1) is 8.45. The number of benzene rings is 1. The highest BCUT2D eigenvalue weighted by Crippen LogP contribution is 2.30. The molecule has 0 aromatic heterocycles. The molecule has 18 heavy (non-hydrogen) atoms. The van der Waals surface area contributed by atoms with E-state index in [1.165, 1.54) is 12.1 Å². The molecule has 1 aromatic rings. The van der Waals surface area contributed by atoms with Crippen molar-refractivity contribution in [1.29, 1.82) is 0 Å². The second kappa shape index (κ2) is 5.18. The molecule has 0 bridgehead atoms. The molecular formula is C13H16F3NO. The van der Waals surface area contributed by atoms with Crippen molar-refractivity contribution < 1.29 is 17.9 Å². The van der Waals surface area contributed by atoms with Gasteiger partial charge in [0.1, 0.15) is 11.9 Å². The summed E-state index contributed by atoms with van der Waals surface area (Å²) >= 11 is 0. The normalized spacial score (nSPS) is 24.9. The van der Waals surface area contributed by atoms with E-state index in [1.807, 2.05) is 0 Å². The molecule has 2 atom stereocenters. The average molecular weight is 259 g/mol. The maximum absolute atomic E-state index is 12.4. The van der Waals surface area contributed by atoms with Crippen LogP contribution in [0, 0.1) is 0 Å². The summed E-state index contributed by atoms with van der Waals surface area (Å²) in [5.74, 6) is 0.490. The van der Waals surface area contributed by atoms with Crippen LogP contribution < -0.4 is 10.1 Å². The van der Waals surface area contributed by atoms with E-state index in [-0.39, 0.29) is 6.10 Å². The molecule has 1 N–H and O–H groups in total. The van der Waals surface area contributed by atoms with Crippen molar-refractivity contribution in [3.63, 3.8) is 0 Å². The lowest BCUT2D eigenvalue weighted by atomic mass is 10.0. The van der Waals surface area contributed by atoms with Crippen LogP contribution >= 0.6 is 0 Å². The average Bonchev–Trinajstić information content (AvgIpc) is 2.32. The second-order valence-corrected chi connectivity index (χ2v) is 4.65. The predicted molar refractivity (Wildman–Crippen MR) is 62.6 cm³/mol. The smallest absolute Gasteiger partial charge is 0.416 e. The van der Waals surface area contributed by atoms with Gasteiger partial charge in [-0.15, -0.1) is 0 Å². The van der Waals surface area contributed by atoms with Gasteiger partial charge < -0.3 is 10.1 Å². The van der Waals surface area contributed by atoms with Crippen molar-refractivity contribution in [2.24, 2.45) is 0 Å². The number of hydrogen-bond acceptors (Lipinski definition) is 2. The number of piperidine rings is 1. The van der Waals surface area contributed by atoms with E-state index in [1.54, 1.807) is 0 Å². The highest BCUT2D eigenvalue weighted by Gasteiger charge is 2.30. The molecule has 5 heteroatoms. The van der Waals surface area contributed by atoms with Gasteiger partial charge in [0.25, 0.3) is 0 Å². The summed E-state index contributed by atoms with van der Waals surface area (Å²) in [6, 6.07) is 5.34. The number of hydrogen-bond donors (Lipinski definition) is 1. The fraction of sp³-hybridized carbons (Fsp3) is 0.538. The van der Waals surface area contributed by atoms with Gasteiger partial charge in [-0.2, -0.15) is 13.2 Å². The van der Waals surface area contributed by atoms with Gasteiger partial charge in [-0.3, -0.25) is 0 Å². The van der Waals surface area contributed by atoms with E-state index in [4.69, 9.17) is 4.74 Å². The van der Waals surface area contributed by atoms with Gasteiger partial charge in [0.05, 0.1) is 5.56 Å². The van der Waals surface area contributed by atoms with Gasteiger partial charge in [0.2, 0.25) is 0 Å². The molecule has 1 aliphatic rings. The van der Waals surface area contributed by atoms with E-state index >= 15 is 0 Å². The van der Waals surface area contributed by atoms with Crippen molar-refractivity contribution in [3.8, 4) is 5.75 Å². The predicted octanol–water partition coefficient (Wildman–Crippen LogP) is 3.22.